The lowest BCUT2D eigenvalue weighted by Gasteiger charge is -2.02. The second-order valence-corrected chi connectivity index (χ2v) is 5.32. The lowest BCUT2D eigenvalue weighted by Crippen LogP contribution is -2.26. The predicted molar refractivity (Wildman–Crippen MR) is 63.8 cm³/mol. The number of rotatable bonds is 4. The van der Waals surface area contributed by atoms with Crippen molar-refractivity contribution in [3.8, 4) is 0 Å². The van der Waals surface area contributed by atoms with Gasteiger partial charge in [-0.05, 0) is 17.4 Å². The first-order chi connectivity index (χ1) is 6.91. The van der Waals surface area contributed by atoms with E-state index < -0.39 is 0 Å². The fourth-order valence-corrected chi connectivity index (χ4v) is 2.18. The van der Waals surface area contributed by atoms with Crippen LogP contribution >= 0.6 is 23.2 Å². The Kier molecular flexibility index (Phi) is 3.85. The number of allylic oxidation sites excluding steroid dienone is 1. The van der Waals surface area contributed by atoms with Crippen LogP contribution in [-0.4, -0.2) is 12.5 Å². The molecule has 2 atom stereocenters. The third-order valence-corrected chi connectivity index (χ3v) is 3.17. The average Bonchev–Trinajstić information content (AvgIpc) is 2.63. The van der Waals surface area contributed by atoms with Gasteiger partial charge in [-0.1, -0.05) is 43.1 Å². The van der Waals surface area contributed by atoms with Gasteiger partial charge in [0.05, 0.1) is 5.92 Å². The van der Waals surface area contributed by atoms with Crippen LogP contribution < -0.4 is 5.32 Å². The molecule has 1 fully saturated rings. The van der Waals surface area contributed by atoms with Crippen molar-refractivity contribution >= 4 is 29.1 Å². The van der Waals surface area contributed by atoms with Crippen LogP contribution in [0.5, 0.6) is 0 Å². The second-order valence-electron chi connectivity index (χ2n) is 4.31. The van der Waals surface area contributed by atoms with Gasteiger partial charge < -0.3 is 5.32 Å². The third kappa shape index (κ3) is 2.76. The van der Waals surface area contributed by atoms with Crippen molar-refractivity contribution in [1.82, 2.24) is 5.32 Å². The predicted octanol–water partition coefficient (Wildman–Crippen LogP) is 2.88. The summed E-state index contributed by atoms with van der Waals surface area (Å²) in [5, 5.41) is 2.78. The molecule has 1 aliphatic rings. The molecular formula is C11H15Cl2NO. The fourth-order valence-electron chi connectivity index (χ4n) is 1.91. The van der Waals surface area contributed by atoms with Gasteiger partial charge in [-0.15, -0.1) is 6.58 Å². The van der Waals surface area contributed by atoms with Crippen molar-refractivity contribution in [1.29, 1.82) is 0 Å². The largest absolute Gasteiger partial charge is 0.352 e. The highest BCUT2D eigenvalue weighted by Crippen LogP contribution is 2.59. The molecule has 84 valence electrons. The maximum atomic E-state index is 11.7. The summed E-state index contributed by atoms with van der Waals surface area (Å²) >= 11 is 11.2. The molecule has 0 radical (unpaired) electrons. The monoisotopic (exact) mass is 247 g/mol. The molecule has 1 rings (SSSR count). The van der Waals surface area contributed by atoms with Crippen LogP contribution in [0.15, 0.2) is 23.2 Å². The summed E-state index contributed by atoms with van der Waals surface area (Å²) in [6.07, 6.45) is 3.40. The van der Waals surface area contributed by atoms with E-state index in [9.17, 15) is 4.79 Å². The smallest absolute Gasteiger partial charge is 0.224 e. The topological polar surface area (TPSA) is 29.1 Å². The van der Waals surface area contributed by atoms with Gasteiger partial charge >= 0.3 is 0 Å². The molecule has 1 aliphatic carbocycles. The Hall–Kier alpha value is -0.470. The van der Waals surface area contributed by atoms with Crippen LogP contribution in [0.25, 0.3) is 0 Å². The molecule has 0 spiro atoms. The van der Waals surface area contributed by atoms with E-state index in [1.165, 1.54) is 0 Å². The van der Waals surface area contributed by atoms with Crippen LogP contribution in [0.1, 0.15) is 13.8 Å². The summed E-state index contributed by atoms with van der Waals surface area (Å²) in [7, 11) is 0. The molecule has 1 saturated carbocycles. The fraction of sp³-hybridized carbons (Fsp3) is 0.545. The van der Waals surface area contributed by atoms with Crippen molar-refractivity contribution in [3.05, 3.63) is 23.2 Å². The molecular weight excluding hydrogens is 233 g/mol. The Morgan fingerprint density at radius 3 is 2.60 bits per heavy atom. The number of carbonyl (C=O) groups is 1. The van der Waals surface area contributed by atoms with E-state index >= 15 is 0 Å². The number of carbonyl (C=O) groups excluding carboxylic acids is 1. The Labute approximate surface area is 100 Å². The highest BCUT2D eigenvalue weighted by atomic mass is 35.5. The molecule has 0 bridgehead atoms. The van der Waals surface area contributed by atoms with Crippen LogP contribution in [-0.2, 0) is 4.79 Å². The zero-order chi connectivity index (χ0) is 11.6. The highest BCUT2D eigenvalue weighted by Gasteiger charge is 2.60. The van der Waals surface area contributed by atoms with E-state index in [0.717, 1.165) is 0 Å². The maximum absolute atomic E-state index is 11.7. The molecule has 15 heavy (non-hydrogen) atoms. The van der Waals surface area contributed by atoms with E-state index in [1.807, 2.05) is 13.8 Å². The summed E-state index contributed by atoms with van der Waals surface area (Å²) in [5.41, 5.74) is -0.0553. The summed E-state index contributed by atoms with van der Waals surface area (Å²) in [4.78, 5) is 11.7. The highest BCUT2D eigenvalue weighted by molar-refractivity contribution is 6.55. The van der Waals surface area contributed by atoms with Crippen LogP contribution in [0, 0.1) is 17.3 Å². The van der Waals surface area contributed by atoms with Crippen LogP contribution in [0.2, 0.25) is 0 Å². The Morgan fingerprint density at radius 2 is 2.13 bits per heavy atom. The minimum Gasteiger partial charge on any atom is -0.352 e. The SMILES string of the molecule is C=CCNC(=O)C1C(C=C(Cl)Cl)C1(C)C. The van der Waals surface area contributed by atoms with Crippen molar-refractivity contribution in [2.24, 2.45) is 17.3 Å². The number of halogens is 2. The number of nitrogens with one attached hydrogen (secondary N) is 1. The van der Waals surface area contributed by atoms with Crippen molar-refractivity contribution < 1.29 is 4.79 Å². The zero-order valence-corrected chi connectivity index (χ0v) is 10.4. The first kappa shape index (κ1) is 12.6. The lowest BCUT2D eigenvalue weighted by atomic mass is 10.1. The second kappa shape index (κ2) is 4.58. The van der Waals surface area contributed by atoms with Crippen LogP contribution in [0.3, 0.4) is 0 Å². The van der Waals surface area contributed by atoms with Crippen molar-refractivity contribution in [3.63, 3.8) is 0 Å². The van der Waals surface area contributed by atoms with Gasteiger partial charge in [0, 0.05) is 6.54 Å². The van der Waals surface area contributed by atoms with E-state index in [4.69, 9.17) is 23.2 Å². The van der Waals surface area contributed by atoms with Gasteiger partial charge in [-0.2, -0.15) is 0 Å². The van der Waals surface area contributed by atoms with Crippen molar-refractivity contribution in [2.45, 2.75) is 13.8 Å². The first-order valence-electron chi connectivity index (χ1n) is 4.82. The zero-order valence-electron chi connectivity index (χ0n) is 8.89. The van der Waals surface area contributed by atoms with Gasteiger partial charge in [0.1, 0.15) is 4.49 Å². The molecule has 2 unspecified atom stereocenters. The minimum atomic E-state index is -0.0553. The first-order valence-corrected chi connectivity index (χ1v) is 5.58. The third-order valence-electron chi connectivity index (χ3n) is 2.92. The Bertz CT molecular complexity index is 306. The molecule has 1 amide bonds. The summed E-state index contributed by atoms with van der Waals surface area (Å²) in [5.74, 6) is 0.132. The van der Waals surface area contributed by atoms with E-state index in [2.05, 4.69) is 11.9 Å². The van der Waals surface area contributed by atoms with Gasteiger partial charge in [0.25, 0.3) is 0 Å². The molecule has 0 saturated heterocycles. The molecule has 1 N–H and O–H groups in total. The molecule has 0 aromatic carbocycles. The average molecular weight is 248 g/mol. The maximum Gasteiger partial charge on any atom is 0.224 e. The summed E-state index contributed by atoms with van der Waals surface area (Å²) in [6.45, 7) is 8.11. The molecule has 0 aliphatic heterocycles. The van der Waals surface area contributed by atoms with Crippen molar-refractivity contribution in [2.75, 3.05) is 6.54 Å². The van der Waals surface area contributed by atoms with Gasteiger partial charge in [0.15, 0.2) is 0 Å². The summed E-state index contributed by atoms with van der Waals surface area (Å²) in [6, 6.07) is 0. The quantitative estimate of drug-likeness (QED) is 0.761. The van der Waals surface area contributed by atoms with E-state index in [-0.39, 0.29) is 27.6 Å². The van der Waals surface area contributed by atoms with E-state index in [1.54, 1.807) is 12.2 Å². The standard InChI is InChI=1S/C11H15Cl2NO/c1-4-5-14-10(15)9-7(6-8(12)13)11(9,2)3/h4,6-7,9H,1,5H2,2-3H3,(H,14,15). The van der Waals surface area contributed by atoms with E-state index in [0.29, 0.717) is 6.54 Å². The van der Waals surface area contributed by atoms with Gasteiger partial charge in [0.2, 0.25) is 5.91 Å². The number of hydrogen-bond donors (Lipinski definition) is 1. The molecule has 0 aromatic heterocycles. The normalized spacial score (nSPS) is 26.7. The minimum absolute atomic E-state index is 0.0371. The lowest BCUT2D eigenvalue weighted by molar-refractivity contribution is -0.122. The van der Waals surface area contributed by atoms with Gasteiger partial charge in [-0.3, -0.25) is 4.79 Å². The molecule has 4 heteroatoms. The number of hydrogen-bond acceptors (Lipinski definition) is 1. The summed E-state index contributed by atoms with van der Waals surface area (Å²) < 4.78 is 0.229. The Balaban J connectivity index is 2.61. The molecule has 0 aromatic rings. The van der Waals surface area contributed by atoms with Gasteiger partial charge in [-0.25, -0.2) is 0 Å². The number of amides is 1. The Morgan fingerprint density at radius 1 is 1.53 bits per heavy atom. The van der Waals surface area contributed by atoms with Crippen LogP contribution in [0.4, 0.5) is 0 Å². The molecule has 0 heterocycles. The molecule has 2 nitrogen and oxygen atoms in total.